The number of hydrogen-bond donors (Lipinski definition) is 0. The summed E-state index contributed by atoms with van der Waals surface area (Å²) in [5.41, 5.74) is 0. The number of nitrogens with zero attached hydrogens (tertiary/aromatic N) is 1. The highest BCUT2D eigenvalue weighted by molar-refractivity contribution is 5.70. The maximum Gasteiger partial charge on any atom is 0.409 e. The van der Waals surface area contributed by atoms with Crippen molar-refractivity contribution in [2.75, 3.05) is 20.2 Å². The average Bonchev–Trinajstić information content (AvgIpc) is 2.00. The zero-order valence-electron chi connectivity index (χ0n) is 7.74. The van der Waals surface area contributed by atoms with Gasteiger partial charge < -0.3 is 14.4 Å². The van der Waals surface area contributed by atoms with E-state index in [4.69, 9.17) is 4.74 Å². The molecule has 0 aliphatic carbocycles. The third-order valence-electron chi connectivity index (χ3n) is 1.20. The normalized spacial score (nSPS) is 9.67. The van der Waals surface area contributed by atoms with E-state index < -0.39 is 6.09 Å². The Morgan fingerprint density at radius 2 is 2.17 bits per heavy atom. The van der Waals surface area contributed by atoms with E-state index in [0.29, 0.717) is 18.8 Å². The maximum absolute atomic E-state index is 11.0. The third kappa shape index (κ3) is 4.71. The molecule has 0 aromatic carbocycles. The Hall–Kier alpha value is -1.06. The average molecular weight is 173 g/mol. The van der Waals surface area contributed by atoms with Gasteiger partial charge in [-0.25, -0.2) is 4.79 Å². The van der Waals surface area contributed by atoms with Crippen LogP contribution in [-0.4, -0.2) is 37.5 Å². The molecule has 1 amide bonds. The minimum atomic E-state index is -0.448. The molecular formula is C8H15NO3. The number of amides is 1. The molecule has 0 spiro atoms. The van der Waals surface area contributed by atoms with Gasteiger partial charge in [0.2, 0.25) is 0 Å². The Morgan fingerprint density at radius 3 is 2.58 bits per heavy atom. The summed E-state index contributed by atoms with van der Waals surface area (Å²) >= 11 is 0. The van der Waals surface area contributed by atoms with Crippen LogP contribution in [-0.2, 0) is 9.53 Å². The molecule has 0 saturated heterocycles. The van der Waals surface area contributed by atoms with E-state index >= 15 is 0 Å². The zero-order valence-corrected chi connectivity index (χ0v) is 7.74. The van der Waals surface area contributed by atoms with Crippen LogP contribution in [0.25, 0.3) is 0 Å². The molecular weight excluding hydrogens is 158 g/mol. The summed E-state index contributed by atoms with van der Waals surface area (Å²) in [6.07, 6.45) is 0.215. The van der Waals surface area contributed by atoms with Crippen LogP contribution in [0.3, 0.4) is 0 Å². The van der Waals surface area contributed by atoms with Crippen molar-refractivity contribution in [3.8, 4) is 0 Å². The monoisotopic (exact) mass is 173 g/mol. The summed E-state index contributed by atoms with van der Waals surface area (Å²) < 4.78 is 4.85. The van der Waals surface area contributed by atoms with E-state index in [9.17, 15) is 9.59 Å². The number of aldehydes is 1. The first-order valence-corrected chi connectivity index (χ1v) is 3.89. The van der Waals surface area contributed by atoms with Gasteiger partial charge in [0.15, 0.2) is 0 Å². The van der Waals surface area contributed by atoms with Gasteiger partial charge in [-0.2, -0.15) is 0 Å². The van der Waals surface area contributed by atoms with Gasteiger partial charge in [-0.3, -0.25) is 0 Å². The number of ether oxygens (including phenoxy) is 1. The Kier molecular flexibility index (Phi) is 5.08. The second-order valence-electron chi connectivity index (χ2n) is 3.02. The molecule has 12 heavy (non-hydrogen) atoms. The van der Waals surface area contributed by atoms with Crippen LogP contribution < -0.4 is 0 Å². The summed E-state index contributed by atoms with van der Waals surface area (Å²) in [6.45, 7) is 4.37. The molecule has 0 bridgehead atoms. The van der Waals surface area contributed by atoms with E-state index in [-0.39, 0.29) is 6.54 Å². The molecule has 4 nitrogen and oxygen atoms in total. The van der Waals surface area contributed by atoms with Crippen LogP contribution in [0.1, 0.15) is 13.8 Å². The Bertz CT molecular complexity index is 156. The van der Waals surface area contributed by atoms with Crippen molar-refractivity contribution in [1.29, 1.82) is 0 Å². The highest BCUT2D eigenvalue weighted by Gasteiger charge is 2.08. The summed E-state index contributed by atoms with van der Waals surface area (Å²) in [7, 11) is 1.52. The van der Waals surface area contributed by atoms with E-state index in [1.807, 2.05) is 13.8 Å². The Morgan fingerprint density at radius 1 is 1.58 bits per heavy atom. The van der Waals surface area contributed by atoms with E-state index in [0.717, 1.165) is 0 Å². The van der Waals surface area contributed by atoms with Gasteiger partial charge in [-0.05, 0) is 5.92 Å². The highest BCUT2D eigenvalue weighted by Crippen LogP contribution is 1.95. The standard InChI is InChI=1S/C8H15NO3/c1-7(2)6-12-8(11)9(3)4-5-10/h5,7H,4,6H2,1-3H3. The molecule has 0 aromatic heterocycles. The predicted octanol–water partition coefficient (Wildman–Crippen LogP) is 0.910. The number of rotatable bonds is 4. The molecule has 0 atom stereocenters. The minimum Gasteiger partial charge on any atom is -0.449 e. The van der Waals surface area contributed by atoms with Crippen LogP contribution in [0.4, 0.5) is 4.79 Å². The second kappa shape index (κ2) is 5.57. The first-order chi connectivity index (χ1) is 5.57. The molecule has 0 aliphatic heterocycles. The fourth-order valence-corrected chi connectivity index (χ4v) is 0.534. The predicted molar refractivity (Wildman–Crippen MR) is 44.9 cm³/mol. The van der Waals surface area contributed by atoms with Crippen LogP contribution in [0, 0.1) is 5.92 Å². The summed E-state index contributed by atoms with van der Waals surface area (Å²) in [5, 5.41) is 0. The number of hydrogen-bond acceptors (Lipinski definition) is 3. The Labute approximate surface area is 72.5 Å². The number of carbonyl (C=O) groups is 2. The van der Waals surface area contributed by atoms with Crippen molar-refractivity contribution in [2.24, 2.45) is 5.92 Å². The summed E-state index contributed by atoms with van der Waals surface area (Å²) in [5.74, 6) is 0.318. The topological polar surface area (TPSA) is 46.6 Å². The molecule has 0 fully saturated rings. The molecule has 0 unspecified atom stereocenters. The minimum absolute atomic E-state index is 0.0803. The van der Waals surface area contributed by atoms with Crippen molar-refractivity contribution >= 4 is 12.4 Å². The molecule has 0 heterocycles. The lowest BCUT2D eigenvalue weighted by molar-refractivity contribution is -0.108. The summed E-state index contributed by atoms with van der Waals surface area (Å²) in [4.78, 5) is 22.2. The van der Waals surface area contributed by atoms with Crippen molar-refractivity contribution in [3.05, 3.63) is 0 Å². The first-order valence-electron chi connectivity index (χ1n) is 3.89. The third-order valence-corrected chi connectivity index (χ3v) is 1.20. The highest BCUT2D eigenvalue weighted by atomic mass is 16.6. The molecule has 0 saturated carbocycles. The SMILES string of the molecule is CC(C)COC(=O)N(C)CC=O. The van der Waals surface area contributed by atoms with Crippen molar-refractivity contribution in [2.45, 2.75) is 13.8 Å². The molecule has 70 valence electrons. The van der Waals surface area contributed by atoms with Gasteiger partial charge in [0.1, 0.15) is 6.29 Å². The fourth-order valence-electron chi connectivity index (χ4n) is 0.534. The lowest BCUT2D eigenvalue weighted by Gasteiger charge is -2.14. The van der Waals surface area contributed by atoms with E-state index in [1.165, 1.54) is 11.9 Å². The van der Waals surface area contributed by atoms with Crippen LogP contribution in [0.15, 0.2) is 0 Å². The lowest BCUT2D eigenvalue weighted by Crippen LogP contribution is -2.30. The molecule has 0 radical (unpaired) electrons. The van der Waals surface area contributed by atoms with Crippen LogP contribution in [0.2, 0.25) is 0 Å². The quantitative estimate of drug-likeness (QED) is 0.593. The summed E-state index contributed by atoms with van der Waals surface area (Å²) in [6, 6.07) is 0. The lowest BCUT2D eigenvalue weighted by atomic mass is 10.2. The van der Waals surface area contributed by atoms with Crippen molar-refractivity contribution in [3.63, 3.8) is 0 Å². The molecule has 0 aromatic rings. The van der Waals surface area contributed by atoms with Crippen molar-refractivity contribution in [1.82, 2.24) is 4.90 Å². The Balaban J connectivity index is 3.63. The van der Waals surface area contributed by atoms with Gasteiger partial charge in [-0.1, -0.05) is 13.8 Å². The largest absolute Gasteiger partial charge is 0.449 e. The smallest absolute Gasteiger partial charge is 0.409 e. The number of likely N-dealkylation sites (N-methyl/N-ethyl adjacent to an activating group) is 1. The zero-order chi connectivity index (χ0) is 9.56. The van der Waals surface area contributed by atoms with Gasteiger partial charge in [-0.15, -0.1) is 0 Å². The van der Waals surface area contributed by atoms with E-state index in [1.54, 1.807) is 0 Å². The van der Waals surface area contributed by atoms with Gasteiger partial charge >= 0.3 is 6.09 Å². The van der Waals surface area contributed by atoms with Crippen LogP contribution >= 0.6 is 0 Å². The molecule has 0 N–H and O–H groups in total. The maximum atomic E-state index is 11.0. The molecule has 0 aliphatic rings. The first kappa shape index (κ1) is 10.9. The van der Waals surface area contributed by atoms with Crippen molar-refractivity contribution < 1.29 is 14.3 Å². The molecule has 0 rings (SSSR count). The molecule has 4 heteroatoms. The van der Waals surface area contributed by atoms with Gasteiger partial charge in [0, 0.05) is 7.05 Å². The van der Waals surface area contributed by atoms with E-state index in [2.05, 4.69) is 0 Å². The van der Waals surface area contributed by atoms with Gasteiger partial charge in [0.25, 0.3) is 0 Å². The fraction of sp³-hybridized carbons (Fsp3) is 0.750. The van der Waals surface area contributed by atoms with Crippen LogP contribution in [0.5, 0.6) is 0 Å². The number of carbonyl (C=O) groups excluding carboxylic acids is 2. The second-order valence-corrected chi connectivity index (χ2v) is 3.02. The van der Waals surface area contributed by atoms with Gasteiger partial charge in [0.05, 0.1) is 13.2 Å².